The molecule has 0 saturated heterocycles. The molecule has 0 aliphatic rings. The third-order valence-electron chi connectivity index (χ3n) is 2.18. The van der Waals surface area contributed by atoms with Crippen LogP contribution in [0.15, 0.2) is 24.3 Å². The van der Waals surface area contributed by atoms with Gasteiger partial charge in [0.25, 0.3) is 0 Å². The maximum absolute atomic E-state index is 13.2. The average molecular weight is 214 g/mol. The average Bonchev–Trinajstić information content (AvgIpc) is 2.16. The topological polar surface area (TPSA) is 49.7 Å². The molecule has 3 nitrogen and oxygen atoms in total. The van der Waals surface area contributed by atoms with E-state index >= 15 is 0 Å². The molecular weight excluding hydrogens is 199 g/mol. The monoisotopic (exact) mass is 214 g/mol. The van der Waals surface area contributed by atoms with Crippen LogP contribution in [-0.2, 0) is 11.3 Å². The fourth-order valence-corrected chi connectivity index (χ4v) is 0.954. The van der Waals surface area contributed by atoms with Crippen molar-refractivity contribution in [2.24, 2.45) is 0 Å². The minimum absolute atomic E-state index is 0.0112. The van der Waals surface area contributed by atoms with Crippen molar-refractivity contribution in [3.05, 3.63) is 35.6 Å². The molecule has 1 aromatic rings. The predicted octanol–water partition coefficient (Wildman–Crippen LogP) is 1.43. The first-order valence-electron chi connectivity index (χ1n) is 4.67. The molecule has 4 heteroatoms. The lowest BCUT2D eigenvalue weighted by atomic mass is 10.1. The van der Waals surface area contributed by atoms with E-state index in [1.165, 1.54) is 19.9 Å². The number of halogens is 1. The van der Waals surface area contributed by atoms with Crippen LogP contribution >= 0.6 is 0 Å². The van der Waals surface area contributed by atoms with Gasteiger partial charge < -0.3 is 14.9 Å². The Kier molecular flexibility index (Phi) is 3.79. The van der Waals surface area contributed by atoms with E-state index < -0.39 is 11.9 Å². The normalized spacial score (nSPS) is 12.1. The Morgan fingerprint density at radius 1 is 1.33 bits per heavy atom. The van der Waals surface area contributed by atoms with Crippen LogP contribution in [0.25, 0.3) is 0 Å². The Morgan fingerprint density at radius 3 is 2.47 bits per heavy atom. The minimum atomic E-state index is -1.59. The highest BCUT2D eigenvalue weighted by Crippen LogP contribution is 2.17. The first kappa shape index (κ1) is 12.1. The summed E-state index contributed by atoms with van der Waals surface area (Å²) in [5, 5.41) is 17.9. The Labute approximate surface area is 88.1 Å². The third-order valence-corrected chi connectivity index (χ3v) is 2.18. The number of rotatable bonds is 4. The summed E-state index contributed by atoms with van der Waals surface area (Å²) in [4.78, 5) is 0. The van der Waals surface area contributed by atoms with Crippen LogP contribution in [0.5, 0.6) is 0 Å². The van der Waals surface area contributed by atoms with Gasteiger partial charge in [0.1, 0.15) is 11.4 Å². The maximum Gasteiger partial charge on any atom is 0.180 e. The number of aliphatic hydroxyl groups is 2. The standard InChI is InChI=1S/C11H15FO3/c1-11(2,10(13)14)15-7-8-5-3-4-6-9(8)12/h3-6,10,13-14H,7H2,1-2H3. The zero-order valence-corrected chi connectivity index (χ0v) is 8.77. The molecule has 0 radical (unpaired) electrons. The Hall–Kier alpha value is -0.970. The van der Waals surface area contributed by atoms with Gasteiger partial charge in [-0.05, 0) is 19.9 Å². The van der Waals surface area contributed by atoms with Crippen LogP contribution < -0.4 is 0 Å². The molecule has 0 atom stereocenters. The van der Waals surface area contributed by atoms with E-state index in [2.05, 4.69) is 0 Å². The molecule has 84 valence electrons. The van der Waals surface area contributed by atoms with Gasteiger partial charge in [0, 0.05) is 5.56 Å². The number of ether oxygens (including phenoxy) is 1. The molecule has 0 fully saturated rings. The minimum Gasteiger partial charge on any atom is -0.366 e. The second kappa shape index (κ2) is 4.70. The quantitative estimate of drug-likeness (QED) is 0.745. The summed E-state index contributed by atoms with van der Waals surface area (Å²) in [6, 6.07) is 6.21. The highest BCUT2D eigenvalue weighted by molar-refractivity contribution is 5.16. The van der Waals surface area contributed by atoms with Crippen molar-refractivity contribution in [3.8, 4) is 0 Å². The van der Waals surface area contributed by atoms with Crippen molar-refractivity contribution in [1.29, 1.82) is 0 Å². The Bertz CT molecular complexity index is 323. The predicted molar refractivity (Wildman–Crippen MR) is 53.5 cm³/mol. The van der Waals surface area contributed by atoms with Gasteiger partial charge in [-0.1, -0.05) is 18.2 Å². The van der Waals surface area contributed by atoms with E-state index in [1.54, 1.807) is 18.2 Å². The van der Waals surface area contributed by atoms with Crippen LogP contribution in [0, 0.1) is 5.82 Å². The van der Waals surface area contributed by atoms with Gasteiger partial charge in [0.15, 0.2) is 6.29 Å². The molecule has 15 heavy (non-hydrogen) atoms. The SMILES string of the molecule is CC(C)(OCc1ccccc1F)C(O)O. The van der Waals surface area contributed by atoms with E-state index in [4.69, 9.17) is 14.9 Å². The summed E-state index contributed by atoms with van der Waals surface area (Å²) in [5.74, 6) is -0.360. The first-order chi connectivity index (χ1) is 6.93. The summed E-state index contributed by atoms with van der Waals surface area (Å²) in [6.07, 6.45) is -1.59. The molecule has 0 unspecified atom stereocenters. The first-order valence-corrected chi connectivity index (χ1v) is 4.67. The molecule has 0 aromatic heterocycles. The molecular formula is C11H15FO3. The number of hydrogen-bond donors (Lipinski definition) is 2. The van der Waals surface area contributed by atoms with Gasteiger partial charge >= 0.3 is 0 Å². The van der Waals surface area contributed by atoms with Gasteiger partial charge in [-0.25, -0.2) is 4.39 Å². The van der Waals surface area contributed by atoms with Crippen molar-refractivity contribution in [2.75, 3.05) is 0 Å². The fourth-order valence-electron chi connectivity index (χ4n) is 0.954. The van der Waals surface area contributed by atoms with Crippen LogP contribution in [0.4, 0.5) is 4.39 Å². The lowest BCUT2D eigenvalue weighted by Gasteiger charge is -2.27. The van der Waals surface area contributed by atoms with Crippen molar-refractivity contribution in [2.45, 2.75) is 32.3 Å². The molecule has 0 aliphatic carbocycles. The van der Waals surface area contributed by atoms with E-state index in [-0.39, 0.29) is 12.4 Å². The molecule has 0 spiro atoms. The zero-order valence-electron chi connectivity index (χ0n) is 8.77. The summed E-state index contributed by atoms with van der Waals surface area (Å²) >= 11 is 0. The molecule has 1 rings (SSSR count). The molecule has 0 bridgehead atoms. The highest BCUT2D eigenvalue weighted by Gasteiger charge is 2.27. The second-order valence-corrected chi connectivity index (χ2v) is 3.86. The summed E-state index contributed by atoms with van der Waals surface area (Å²) < 4.78 is 18.4. The molecule has 1 aromatic carbocycles. The largest absolute Gasteiger partial charge is 0.366 e. The maximum atomic E-state index is 13.2. The number of benzene rings is 1. The van der Waals surface area contributed by atoms with Crippen molar-refractivity contribution >= 4 is 0 Å². The second-order valence-electron chi connectivity index (χ2n) is 3.86. The lowest BCUT2D eigenvalue weighted by molar-refractivity contribution is -0.197. The van der Waals surface area contributed by atoms with E-state index in [9.17, 15) is 4.39 Å². The zero-order chi connectivity index (χ0) is 11.5. The number of aliphatic hydroxyl groups excluding tert-OH is 1. The number of hydrogen-bond acceptors (Lipinski definition) is 3. The van der Waals surface area contributed by atoms with Gasteiger partial charge in [0.05, 0.1) is 6.61 Å². The smallest absolute Gasteiger partial charge is 0.180 e. The van der Waals surface area contributed by atoms with E-state index in [0.29, 0.717) is 5.56 Å². The van der Waals surface area contributed by atoms with Gasteiger partial charge in [0.2, 0.25) is 0 Å². The van der Waals surface area contributed by atoms with E-state index in [0.717, 1.165) is 0 Å². The third kappa shape index (κ3) is 3.27. The van der Waals surface area contributed by atoms with Gasteiger partial charge in [-0.3, -0.25) is 0 Å². The van der Waals surface area contributed by atoms with Crippen LogP contribution in [0.2, 0.25) is 0 Å². The Morgan fingerprint density at radius 2 is 1.93 bits per heavy atom. The molecule has 0 aliphatic heterocycles. The molecule has 2 N–H and O–H groups in total. The Balaban J connectivity index is 2.62. The van der Waals surface area contributed by atoms with E-state index in [1.807, 2.05) is 0 Å². The summed E-state index contributed by atoms with van der Waals surface area (Å²) in [7, 11) is 0. The van der Waals surface area contributed by atoms with Crippen LogP contribution in [0.1, 0.15) is 19.4 Å². The summed E-state index contributed by atoms with van der Waals surface area (Å²) in [5.41, 5.74) is -0.714. The lowest BCUT2D eigenvalue weighted by Crippen LogP contribution is -2.38. The summed E-state index contributed by atoms with van der Waals surface area (Å²) in [6.45, 7) is 3.06. The van der Waals surface area contributed by atoms with Gasteiger partial charge in [-0.2, -0.15) is 0 Å². The van der Waals surface area contributed by atoms with Crippen molar-refractivity contribution < 1.29 is 19.3 Å². The van der Waals surface area contributed by atoms with Crippen LogP contribution in [-0.4, -0.2) is 22.1 Å². The van der Waals surface area contributed by atoms with Crippen molar-refractivity contribution in [3.63, 3.8) is 0 Å². The van der Waals surface area contributed by atoms with Gasteiger partial charge in [-0.15, -0.1) is 0 Å². The van der Waals surface area contributed by atoms with Crippen molar-refractivity contribution in [1.82, 2.24) is 0 Å². The van der Waals surface area contributed by atoms with Crippen LogP contribution in [0.3, 0.4) is 0 Å². The highest BCUT2D eigenvalue weighted by atomic mass is 19.1. The molecule has 0 heterocycles. The molecule has 0 amide bonds. The molecule has 0 saturated carbocycles. The fraction of sp³-hybridized carbons (Fsp3) is 0.455.